The topological polar surface area (TPSA) is 30.3 Å². The summed E-state index contributed by atoms with van der Waals surface area (Å²) in [6.07, 6.45) is 11.7. The van der Waals surface area contributed by atoms with Crippen LogP contribution in [0, 0.1) is 5.41 Å². The van der Waals surface area contributed by atoms with E-state index in [-0.39, 0.29) is 0 Å². The maximum atomic E-state index is 5.66. The maximum Gasteiger partial charge on any atom is 0.0700 e. The maximum absolute atomic E-state index is 5.66. The van der Waals surface area contributed by atoms with Crippen molar-refractivity contribution in [2.75, 3.05) is 26.3 Å². The van der Waals surface area contributed by atoms with Crippen LogP contribution >= 0.6 is 0 Å². The Balaban J connectivity index is 1.46. The molecule has 4 nitrogen and oxygen atoms in total. The zero-order valence-corrected chi connectivity index (χ0v) is 13.9. The summed E-state index contributed by atoms with van der Waals surface area (Å²) in [6.45, 7) is 5.47. The van der Waals surface area contributed by atoms with Crippen molar-refractivity contribution in [1.82, 2.24) is 14.7 Å². The molecular formula is C18H29N3O. The van der Waals surface area contributed by atoms with Gasteiger partial charge in [0.1, 0.15) is 0 Å². The van der Waals surface area contributed by atoms with Crippen LogP contribution < -0.4 is 0 Å². The van der Waals surface area contributed by atoms with Crippen molar-refractivity contribution in [3.8, 4) is 0 Å². The molecule has 1 atom stereocenters. The number of aromatic nitrogens is 2. The summed E-state index contributed by atoms with van der Waals surface area (Å²) in [6, 6.07) is 0. The molecule has 1 unspecified atom stereocenters. The molecule has 0 bridgehead atoms. The second kappa shape index (κ2) is 5.97. The first kappa shape index (κ1) is 14.7. The minimum atomic E-state index is 0.465. The Kier molecular flexibility index (Phi) is 3.99. The van der Waals surface area contributed by atoms with Crippen molar-refractivity contribution < 1.29 is 4.74 Å². The van der Waals surface area contributed by atoms with E-state index in [9.17, 15) is 0 Å². The summed E-state index contributed by atoms with van der Waals surface area (Å²) in [4.78, 5) is 2.64. The number of rotatable bonds is 3. The molecule has 4 rings (SSSR count). The quantitative estimate of drug-likeness (QED) is 0.859. The van der Waals surface area contributed by atoms with Gasteiger partial charge in [0.25, 0.3) is 0 Å². The molecule has 122 valence electrons. The van der Waals surface area contributed by atoms with Gasteiger partial charge in [0, 0.05) is 49.8 Å². The van der Waals surface area contributed by atoms with Crippen LogP contribution in [0.2, 0.25) is 0 Å². The lowest BCUT2D eigenvalue weighted by molar-refractivity contribution is 0.151. The first-order valence-electron chi connectivity index (χ1n) is 9.07. The summed E-state index contributed by atoms with van der Waals surface area (Å²) in [5, 5.41) is 4.83. The van der Waals surface area contributed by atoms with Gasteiger partial charge >= 0.3 is 0 Å². The van der Waals surface area contributed by atoms with E-state index >= 15 is 0 Å². The molecule has 0 radical (unpaired) electrons. The monoisotopic (exact) mass is 303 g/mol. The molecule has 2 aliphatic heterocycles. The van der Waals surface area contributed by atoms with E-state index in [1.165, 1.54) is 69.3 Å². The molecule has 3 aliphatic rings. The highest BCUT2D eigenvalue weighted by molar-refractivity contribution is 5.22. The number of nitrogens with zero attached hydrogens (tertiary/aromatic N) is 3. The molecule has 1 aliphatic carbocycles. The predicted octanol–water partition coefficient (Wildman–Crippen LogP) is 3.08. The number of hydrogen-bond acceptors (Lipinski definition) is 3. The molecule has 3 fully saturated rings. The van der Waals surface area contributed by atoms with Gasteiger partial charge in [-0.3, -0.25) is 9.58 Å². The fourth-order valence-electron chi connectivity index (χ4n) is 4.77. The molecule has 2 saturated heterocycles. The molecule has 0 N–H and O–H groups in total. The Morgan fingerprint density at radius 3 is 2.91 bits per heavy atom. The molecule has 0 amide bonds. The second-order valence-corrected chi connectivity index (χ2v) is 7.81. The van der Waals surface area contributed by atoms with E-state index in [0.29, 0.717) is 11.3 Å². The van der Waals surface area contributed by atoms with Gasteiger partial charge in [-0.05, 0) is 32.2 Å². The first-order valence-corrected chi connectivity index (χ1v) is 9.07. The summed E-state index contributed by atoms with van der Waals surface area (Å²) in [5.41, 5.74) is 3.34. The Hall–Kier alpha value is -0.870. The highest BCUT2D eigenvalue weighted by Crippen LogP contribution is 2.39. The summed E-state index contributed by atoms with van der Waals surface area (Å²) < 4.78 is 7.69. The average Bonchev–Trinajstić information content (AvgIpc) is 3.24. The minimum Gasteiger partial charge on any atom is -0.381 e. The van der Waals surface area contributed by atoms with Gasteiger partial charge in [-0.1, -0.05) is 19.3 Å². The molecule has 22 heavy (non-hydrogen) atoms. The Labute approximate surface area is 133 Å². The Morgan fingerprint density at radius 2 is 2.14 bits per heavy atom. The van der Waals surface area contributed by atoms with Crippen molar-refractivity contribution in [3.05, 3.63) is 17.5 Å². The fourth-order valence-corrected chi connectivity index (χ4v) is 4.77. The van der Waals surface area contributed by atoms with Gasteiger partial charge in [-0.15, -0.1) is 0 Å². The first-order chi connectivity index (χ1) is 10.7. The van der Waals surface area contributed by atoms with Crippen LogP contribution in [0.3, 0.4) is 0 Å². The Morgan fingerprint density at radius 1 is 1.27 bits per heavy atom. The second-order valence-electron chi connectivity index (χ2n) is 7.81. The van der Waals surface area contributed by atoms with Crippen molar-refractivity contribution in [2.45, 2.75) is 57.4 Å². The van der Waals surface area contributed by atoms with Crippen molar-refractivity contribution in [3.63, 3.8) is 0 Å². The van der Waals surface area contributed by atoms with E-state index in [1.54, 1.807) is 0 Å². The zero-order chi connectivity index (χ0) is 15.0. The van der Waals surface area contributed by atoms with Gasteiger partial charge in [-0.25, -0.2) is 0 Å². The summed E-state index contributed by atoms with van der Waals surface area (Å²) in [7, 11) is 2.08. The van der Waals surface area contributed by atoms with E-state index in [0.717, 1.165) is 19.8 Å². The highest BCUT2D eigenvalue weighted by atomic mass is 16.5. The summed E-state index contributed by atoms with van der Waals surface area (Å²) >= 11 is 0. The van der Waals surface area contributed by atoms with Crippen LogP contribution in [0.4, 0.5) is 0 Å². The lowest BCUT2D eigenvalue weighted by atomic mass is 9.85. The minimum absolute atomic E-state index is 0.465. The van der Waals surface area contributed by atoms with Crippen molar-refractivity contribution in [1.29, 1.82) is 0 Å². The van der Waals surface area contributed by atoms with Crippen LogP contribution in [0.25, 0.3) is 0 Å². The standard InChI is InChI=1S/C18H29N3O/c1-20-11-16(17(19-20)15-5-3-2-4-6-15)12-21-9-7-18(13-21)8-10-22-14-18/h11,15H,2-10,12-14H2,1H3. The number of ether oxygens (including phenoxy) is 1. The van der Waals surface area contributed by atoms with Crippen molar-refractivity contribution >= 4 is 0 Å². The molecule has 3 heterocycles. The molecular weight excluding hydrogens is 274 g/mol. The van der Waals surface area contributed by atoms with Gasteiger partial charge in [-0.2, -0.15) is 5.10 Å². The number of aryl methyl sites for hydroxylation is 1. The van der Waals surface area contributed by atoms with Gasteiger partial charge in [0.2, 0.25) is 0 Å². The lowest BCUT2D eigenvalue weighted by Gasteiger charge is -2.24. The molecule has 0 aromatic carbocycles. The van der Waals surface area contributed by atoms with E-state index in [4.69, 9.17) is 9.84 Å². The van der Waals surface area contributed by atoms with Crippen LogP contribution in [-0.4, -0.2) is 41.0 Å². The number of hydrogen-bond donors (Lipinski definition) is 0. The third kappa shape index (κ3) is 2.83. The number of likely N-dealkylation sites (tertiary alicyclic amines) is 1. The lowest BCUT2D eigenvalue weighted by Crippen LogP contribution is -2.27. The normalized spacial score (nSPS) is 30.6. The molecule has 1 spiro atoms. The fraction of sp³-hybridized carbons (Fsp3) is 0.833. The van der Waals surface area contributed by atoms with E-state index in [2.05, 4.69) is 18.1 Å². The van der Waals surface area contributed by atoms with Crippen molar-refractivity contribution in [2.24, 2.45) is 12.5 Å². The van der Waals surface area contributed by atoms with E-state index < -0.39 is 0 Å². The Bertz CT molecular complexity index is 512. The van der Waals surface area contributed by atoms with Crippen LogP contribution in [0.1, 0.15) is 62.1 Å². The van der Waals surface area contributed by atoms with Gasteiger partial charge in [0.15, 0.2) is 0 Å². The molecule has 1 aromatic rings. The smallest absolute Gasteiger partial charge is 0.0700 e. The largest absolute Gasteiger partial charge is 0.381 e. The SMILES string of the molecule is Cn1cc(CN2CCC3(CCOC3)C2)c(C2CCCCC2)n1. The molecule has 1 aromatic heterocycles. The summed E-state index contributed by atoms with van der Waals surface area (Å²) in [5.74, 6) is 0.705. The average molecular weight is 303 g/mol. The highest BCUT2D eigenvalue weighted by Gasteiger charge is 2.41. The third-order valence-electron chi connectivity index (χ3n) is 6.03. The van der Waals surface area contributed by atoms with E-state index in [1.807, 2.05) is 4.68 Å². The van der Waals surface area contributed by atoms with Crippen LogP contribution in [0.5, 0.6) is 0 Å². The third-order valence-corrected chi connectivity index (χ3v) is 6.03. The zero-order valence-electron chi connectivity index (χ0n) is 13.9. The molecule has 4 heteroatoms. The van der Waals surface area contributed by atoms with Gasteiger partial charge in [0.05, 0.1) is 12.3 Å². The van der Waals surface area contributed by atoms with Gasteiger partial charge < -0.3 is 4.74 Å². The molecule has 1 saturated carbocycles. The van der Waals surface area contributed by atoms with Crippen LogP contribution in [-0.2, 0) is 18.3 Å². The van der Waals surface area contributed by atoms with Crippen LogP contribution in [0.15, 0.2) is 6.20 Å². The predicted molar refractivity (Wildman–Crippen MR) is 86.8 cm³/mol.